The Kier molecular flexibility index (Phi) is 4.53. The molecular weight excluding hydrogens is 354 g/mol. The van der Waals surface area contributed by atoms with Crippen LogP contribution in [0.1, 0.15) is 35.3 Å². The monoisotopic (exact) mass is 379 g/mol. The number of amides is 1. The maximum absolute atomic E-state index is 12.9. The molecule has 0 N–H and O–H groups in total. The second-order valence-electron chi connectivity index (χ2n) is 7.69. The first-order valence-corrected chi connectivity index (χ1v) is 10.1. The molecule has 0 aliphatic carbocycles. The van der Waals surface area contributed by atoms with Crippen LogP contribution < -0.4 is 4.90 Å². The number of likely N-dealkylation sites (tertiary alicyclic amines) is 1. The number of aromatic nitrogens is 1. The summed E-state index contributed by atoms with van der Waals surface area (Å²) >= 11 is 0. The molecule has 28 heavy (non-hydrogen) atoms. The summed E-state index contributed by atoms with van der Waals surface area (Å²) in [5.74, 6) is -0.478. The van der Waals surface area contributed by atoms with Crippen molar-refractivity contribution in [2.75, 3.05) is 37.7 Å². The predicted molar refractivity (Wildman–Crippen MR) is 106 cm³/mol. The number of nitrogens with zero attached hydrogens (tertiary/aromatic N) is 3. The SMILES string of the molecule is O=C(c1ccc(N2CCCc3ccccc32)cn1)N1CCC2(CC1)OCCO2. The van der Waals surface area contributed by atoms with Gasteiger partial charge >= 0.3 is 0 Å². The van der Waals surface area contributed by atoms with E-state index in [-0.39, 0.29) is 5.91 Å². The van der Waals surface area contributed by atoms with E-state index in [0.29, 0.717) is 32.0 Å². The van der Waals surface area contributed by atoms with Crippen LogP contribution in [0.15, 0.2) is 42.6 Å². The zero-order valence-electron chi connectivity index (χ0n) is 16.0. The Morgan fingerprint density at radius 1 is 1.00 bits per heavy atom. The highest BCUT2D eigenvalue weighted by molar-refractivity contribution is 5.92. The Labute approximate surface area is 165 Å². The average molecular weight is 379 g/mol. The topological polar surface area (TPSA) is 54.9 Å². The fourth-order valence-corrected chi connectivity index (χ4v) is 4.47. The molecule has 2 aromatic rings. The van der Waals surface area contributed by atoms with E-state index in [1.54, 1.807) is 0 Å². The Hall–Kier alpha value is -2.44. The lowest BCUT2D eigenvalue weighted by Gasteiger charge is -2.37. The quantitative estimate of drug-likeness (QED) is 0.802. The molecule has 0 saturated carbocycles. The van der Waals surface area contributed by atoms with Crippen molar-refractivity contribution in [3.63, 3.8) is 0 Å². The minimum atomic E-state index is -0.463. The van der Waals surface area contributed by atoms with Gasteiger partial charge in [0.2, 0.25) is 0 Å². The third-order valence-corrected chi connectivity index (χ3v) is 6.01. The van der Waals surface area contributed by atoms with Crippen LogP contribution >= 0.6 is 0 Å². The van der Waals surface area contributed by atoms with E-state index in [1.165, 1.54) is 11.3 Å². The van der Waals surface area contributed by atoms with Gasteiger partial charge in [0.15, 0.2) is 5.79 Å². The standard InChI is InChI=1S/C22H25N3O3/c26-21(24-12-9-22(10-13-24)27-14-15-28-22)19-8-7-18(16-23-19)25-11-3-5-17-4-1-2-6-20(17)25/h1-2,4,6-8,16H,3,5,9-15H2. The predicted octanol–water partition coefficient (Wildman–Crippen LogP) is 3.15. The fraction of sp³-hybridized carbons (Fsp3) is 0.455. The molecule has 0 bridgehead atoms. The fourth-order valence-electron chi connectivity index (χ4n) is 4.47. The summed E-state index contributed by atoms with van der Waals surface area (Å²) < 4.78 is 11.5. The van der Waals surface area contributed by atoms with Crippen LogP contribution in [0.3, 0.4) is 0 Å². The molecule has 1 spiro atoms. The lowest BCUT2D eigenvalue weighted by Crippen LogP contribution is -2.47. The van der Waals surface area contributed by atoms with E-state index in [9.17, 15) is 4.79 Å². The van der Waals surface area contributed by atoms with E-state index < -0.39 is 5.79 Å². The van der Waals surface area contributed by atoms with Gasteiger partial charge in [0.1, 0.15) is 5.69 Å². The molecule has 2 saturated heterocycles. The van der Waals surface area contributed by atoms with Crippen molar-refractivity contribution in [3.05, 3.63) is 53.9 Å². The van der Waals surface area contributed by atoms with Crippen LogP contribution in [-0.2, 0) is 15.9 Å². The molecule has 3 aliphatic rings. The van der Waals surface area contributed by atoms with Crippen LogP contribution in [0.4, 0.5) is 11.4 Å². The minimum absolute atomic E-state index is 0.0153. The molecule has 6 nitrogen and oxygen atoms in total. The summed E-state index contributed by atoms with van der Waals surface area (Å²) in [6.07, 6.45) is 5.50. The van der Waals surface area contributed by atoms with Crippen molar-refractivity contribution in [2.24, 2.45) is 0 Å². The highest BCUT2D eigenvalue weighted by Gasteiger charge is 2.41. The highest BCUT2D eigenvalue weighted by atomic mass is 16.7. The van der Waals surface area contributed by atoms with Gasteiger partial charge in [-0.25, -0.2) is 4.98 Å². The third-order valence-electron chi connectivity index (χ3n) is 6.01. The number of fused-ring (bicyclic) bond motifs is 1. The number of carbonyl (C=O) groups is 1. The maximum atomic E-state index is 12.9. The zero-order valence-corrected chi connectivity index (χ0v) is 16.0. The molecule has 1 aromatic heterocycles. The Morgan fingerprint density at radius 3 is 2.54 bits per heavy atom. The molecular formula is C22H25N3O3. The van der Waals surface area contributed by atoms with E-state index in [2.05, 4.69) is 34.1 Å². The van der Waals surface area contributed by atoms with Crippen LogP contribution in [0.2, 0.25) is 0 Å². The van der Waals surface area contributed by atoms with E-state index in [1.807, 2.05) is 23.2 Å². The van der Waals surface area contributed by atoms with Gasteiger partial charge in [-0.15, -0.1) is 0 Å². The Balaban J connectivity index is 1.29. The molecule has 3 aliphatic heterocycles. The molecule has 2 fully saturated rings. The van der Waals surface area contributed by atoms with Crippen molar-refractivity contribution in [1.29, 1.82) is 0 Å². The van der Waals surface area contributed by atoms with Gasteiger partial charge < -0.3 is 19.3 Å². The van der Waals surface area contributed by atoms with Gasteiger partial charge in [0.05, 0.1) is 25.1 Å². The van der Waals surface area contributed by atoms with Crippen LogP contribution in [-0.4, -0.2) is 54.4 Å². The lowest BCUT2D eigenvalue weighted by molar-refractivity contribution is -0.181. The molecule has 6 heteroatoms. The van der Waals surface area contributed by atoms with Crippen molar-refractivity contribution in [2.45, 2.75) is 31.5 Å². The van der Waals surface area contributed by atoms with Gasteiger partial charge in [0, 0.05) is 38.2 Å². The van der Waals surface area contributed by atoms with Crippen molar-refractivity contribution in [1.82, 2.24) is 9.88 Å². The second kappa shape index (κ2) is 7.18. The number of aryl methyl sites for hydroxylation is 1. The Morgan fingerprint density at radius 2 is 1.79 bits per heavy atom. The van der Waals surface area contributed by atoms with E-state index in [0.717, 1.165) is 37.9 Å². The lowest BCUT2D eigenvalue weighted by atomic mass is 10.0. The number of pyridine rings is 1. The summed E-state index contributed by atoms with van der Waals surface area (Å²) in [4.78, 5) is 21.5. The highest BCUT2D eigenvalue weighted by Crippen LogP contribution is 2.34. The van der Waals surface area contributed by atoms with E-state index in [4.69, 9.17) is 9.47 Å². The summed E-state index contributed by atoms with van der Waals surface area (Å²) in [6, 6.07) is 12.4. The number of anilines is 2. The maximum Gasteiger partial charge on any atom is 0.272 e. The molecule has 5 rings (SSSR count). The van der Waals surface area contributed by atoms with Crippen LogP contribution in [0.5, 0.6) is 0 Å². The van der Waals surface area contributed by atoms with Crippen molar-refractivity contribution >= 4 is 17.3 Å². The smallest absolute Gasteiger partial charge is 0.272 e. The number of para-hydroxylation sites is 1. The van der Waals surface area contributed by atoms with Crippen LogP contribution in [0, 0.1) is 0 Å². The summed E-state index contributed by atoms with van der Waals surface area (Å²) in [6.45, 7) is 3.55. The van der Waals surface area contributed by atoms with Gasteiger partial charge in [-0.3, -0.25) is 4.79 Å². The molecule has 0 unspecified atom stereocenters. The van der Waals surface area contributed by atoms with Gasteiger partial charge in [0.25, 0.3) is 5.91 Å². The summed E-state index contributed by atoms with van der Waals surface area (Å²) in [7, 11) is 0. The molecule has 1 aromatic carbocycles. The van der Waals surface area contributed by atoms with Crippen molar-refractivity contribution in [3.8, 4) is 0 Å². The number of benzene rings is 1. The molecule has 146 valence electrons. The number of piperidine rings is 1. The first kappa shape index (κ1) is 17.6. The number of carbonyl (C=O) groups excluding carboxylic acids is 1. The third kappa shape index (κ3) is 3.16. The summed E-state index contributed by atoms with van der Waals surface area (Å²) in [5, 5.41) is 0. The van der Waals surface area contributed by atoms with Crippen molar-refractivity contribution < 1.29 is 14.3 Å². The summed E-state index contributed by atoms with van der Waals surface area (Å²) in [5.41, 5.74) is 4.15. The zero-order chi connectivity index (χ0) is 19.0. The van der Waals surface area contributed by atoms with Gasteiger partial charge in [-0.2, -0.15) is 0 Å². The first-order chi connectivity index (χ1) is 13.7. The number of hydrogen-bond donors (Lipinski definition) is 0. The number of ether oxygens (including phenoxy) is 2. The number of rotatable bonds is 2. The molecule has 0 atom stereocenters. The first-order valence-electron chi connectivity index (χ1n) is 10.1. The van der Waals surface area contributed by atoms with Gasteiger partial charge in [-0.05, 0) is 36.6 Å². The molecule has 1 amide bonds. The number of hydrogen-bond acceptors (Lipinski definition) is 5. The molecule has 0 radical (unpaired) electrons. The van der Waals surface area contributed by atoms with Crippen LogP contribution in [0.25, 0.3) is 0 Å². The molecule has 4 heterocycles. The second-order valence-corrected chi connectivity index (χ2v) is 7.69. The van der Waals surface area contributed by atoms with Gasteiger partial charge in [-0.1, -0.05) is 18.2 Å². The average Bonchev–Trinajstić information content (AvgIpc) is 3.21. The largest absolute Gasteiger partial charge is 0.347 e. The normalized spacial score (nSPS) is 21.0. The Bertz CT molecular complexity index is 852. The minimum Gasteiger partial charge on any atom is -0.347 e. The van der Waals surface area contributed by atoms with E-state index >= 15 is 0 Å².